The molecule has 0 spiro atoms. The zero-order valence-corrected chi connectivity index (χ0v) is 12.9. The number of rotatable bonds is 3. The van der Waals surface area contributed by atoms with Gasteiger partial charge in [-0.1, -0.05) is 17.7 Å². The summed E-state index contributed by atoms with van der Waals surface area (Å²) >= 11 is 6.01. The van der Waals surface area contributed by atoms with Crippen LogP contribution in [-0.2, 0) is 14.6 Å². The van der Waals surface area contributed by atoms with E-state index in [1.54, 1.807) is 18.2 Å². The summed E-state index contributed by atoms with van der Waals surface area (Å²) in [5, 5.41) is 9.27. The number of hydrogen-bond donors (Lipinski definition) is 1. The Morgan fingerprint density at radius 3 is 2.76 bits per heavy atom. The van der Waals surface area contributed by atoms with Gasteiger partial charge in [0.1, 0.15) is 0 Å². The van der Waals surface area contributed by atoms with Crippen LogP contribution in [0.4, 0.5) is 5.69 Å². The first-order valence-corrected chi connectivity index (χ1v) is 8.73. The van der Waals surface area contributed by atoms with Crippen LogP contribution in [0, 0.1) is 0 Å². The van der Waals surface area contributed by atoms with Crippen LogP contribution in [0.15, 0.2) is 24.3 Å². The third-order valence-corrected chi connectivity index (χ3v) is 5.24. The van der Waals surface area contributed by atoms with Crippen LogP contribution in [0.1, 0.15) is 12.0 Å². The maximum absolute atomic E-state index is 11.7. The molecule has 21 heavy (non-hydrogen) atoms. The molecule has 0 unspecified atom stereocenters. The Morgan fingerprint density at radius 2 is 2.05 bits per heavy atom. The minimum absolute atomic E-state index is 0.0988. The Morgan fingerprint density at radius 1 is 1.29 bits per heavy atom. The lowest BCUT2D eigenvalue weighted by molar-refractivity contribution is -0.131. The first-order chi connectivity index (χ1) is 9.87. The monoisotopic (exact) mass is 329 g/mol. The molecular formula is C14H16ClNO4S. The number of aliphatic carboxylic acids is 1. The van der Waals surface area contributed by atoms with E-state index in [-0.39, 0.29) is 11.5 Å². The van der Waals surface area contributed by atoms with Gasteiger partial charge in [-0.25, -0.2) is 13.2 Å². The summed E-state index contributed by atoms with van der Waals surface area (Å²) in [7, 11) is -3.00. The lowest BCUT2D eigenvalue weighted by Crippen LogP contribution is -2.27. The molecule has 1 aromatic rings. The summed E-state index contributed by atoms with van der Waals surface area (Å²) < 4.78 is 23.3. The van der Waals surface area contributed by atoms with Gasteiger partial charge in [0.25, 0.3) is 0 Å². The van der Waals surface area contributed by atoms with Crippen molar-refractivity contribution in [2.75, 3.05) is 29.5 Å². The summed E-state index contributed by atoms with van der Waals surface area (Å²) in [6.07, 6.45) is 3.10. The fourth-order valence-electron chi connectivity index (χ4n) is 2.27. The van der Waals surface area contributed by atoms with E-state index in [9.17, 15) is 13.2 Å². The zero-order chi connectivity index (χ0) is 15.5. The number of hydrogen-bond acceptors (Lipinski definition) is 4. The van der Waals surface area contributed by atoms with Crippen LogP contribution in [0.25, 0.3) is 6.08 Å². The molecule has 1 saturated heterocycles. The zero-order valence-electron chi connectivity index (χ0n) is 11.3. The third kappa shape index (κ3) is 4.47. The molecule has 1 aliphatic heterocycles. The predicted octanol–water partition coefficient (Wildman–Crippen LogP) is 2.06. The number of anilines is 1. The summed E-state index contributed by atoms with van der Waals surface area (Å²) in [5.41, 5.74) is 1.47. The molecule has 1 N–H and O–H groups in total. The Balaban J connectivity index is 2.33. The van der Waals surface area contributed by atoms with Crippen LogP contribution < -0.4 is 4.90 Å². The van der Waals surface area contributed by atoms with E-state index in [1.807, 2.05) is 4.90 Å². The second-order valence-electron chi connectivity index (χ2n) is 4.87. The second-order valence-corrected chi connectivity index (χ2v) is 7.61. The molecule has 114 valence electrons. The SMILES string of the molecule is O=C(O)/C=C/c1ccc(Cl)cc1N1CCCS(=O)(=O)CC1. The minimum Gasteiger partial charge on any atom is -0.478 e. The molecule has 7 heteroatoms. The first-order valence-electron chi connectivity index (χ1n) is 6.53. The van der Waals surface area contributed by atoms with Crippen molar-refractivity contribution in [1.29, 1.82) is 0 Å². The van der Waals surface area contributed by atoms with Gasteiger partial charge in [0.2, 0.25) is 0 Å². The molecule has 5 nitrogen and oxygen atoms in total. The van der Waals surface area contributed by atoms with E-state index < -0.39 is 15.8 Å². The van der Waals surface area contributed by atoms with Crippen LogP contribution in [0.3, 0.4) is 0 Å². The molecule has 0 aromatic heterocycles. The van der Waals surface area contributed by atoms with Gasteiger partial charge in [-0.15, -0.1) is 0 Å². The molecule has 1 aromatic carbocycles. The van der Waals surface area contributed by atoms with Gasteiger partial charge in [0.15, 0.2) is 9.84 Å². The van der Waals surface area contributed by atoms with E-state index in [0.29, 0.717) is 30.1 Å². The van der Waals surface area contributed by atoms with Crippen molar-refractivity contribution < 1.29 is 18.3 Å². The van der Waals surface area contributed by atoms with E-state index in [2.05, 4.69) is 0 Å². The second kappa shape index (κ2) is 6.49. The standard InChI is InChI=1S/C14H16ClNO4S/c15-12-4-2-11(3-5-14(17)18)13(10-12)16-6-1-8-21(19,20)9-7-16/h2-5,10H,1,6-9H2,(H,17,18)/b5-3+. The largest absolute Gasteiger partial charge is 0.478 e. The number of nitrogens with zero attached hydrogens (tertiary/aromatic N) is 1. The van der Waals surface area contributed by atoms with Crippen LogP contribution >= 0.6 is 11.6 Å². The van der Waals surface area contributed by atoms with Gasteiger partial charge in [0.05, 0.1) is 11.5 Å². The lowest BCUT2D eigenvalue weighted by atomic mass is 10.1. The number of halogens is 1. The Bertz CT molecular complexity index is 670. The first kappa shape index (κ1) is 15.9. The van der Waals surface area contributed by atoms with Crippen LogP contribution in [0.2, 0.25) is 5.02 Å². The van der Waals surface area contributed by atoms with Gasteiger partial charge in [0, 0.05) is 29.9 Å². The Labute approximate surface area is 128 Å². The lowest BCUT2D eigenvalue weighted by Gasteiger charge is -2.24. The Hall–Kier alpha value is -1.53. The summed E-state index contributed by atoms with van der Waals surface area (Å²) in [4.78, 5) is 12.6. The highest BCUT2D eigenvalue weighted by Gasteiger charge is 2.20. The fraction of sp³-hybridized carbons (Fsp3) is 0.357. The molecule has 0 bridgehead atoms. The van der Waals surface area contributed by atoms with Crippen molar-refractivity contribution >= 4 is 39.2 Å². The fourth-order valence-corrected chi connectivity index (χ4v) is 3.71. The van der Waals surface area contributed by atoms with Crippen molar-refractivity contribution in [2.45, 2.75) is 6.42 Å². The molecule has 0 amide bonds. The number of benzene rings is 1. The summed E-state index contributed by atoms with van der Waals surface area (Å²) in [6.45, 7) is 0.990. The number of sulfone groups is 1. The highest BCUT2D eigenvalue weighted by molar-refractivity contribution is 7.91. The maximum atomic E-state index is 11.7. The van der Waals surface area contributed by atoms with E-state index in [4.69, 9.17) is 16.7 Å². The molecular weight excluding hydrogens is 314 g/mol. The molecule has 1 fully saturated rings. The average Bonchev–Trinajstić information content (AvgIpc) is 2.58. The quantitative estimate of drug-likeness (QED) is 0.859. The summed E-state index contributed by atoms with van der Waals surface area (Å²) in [6, 6.07) is 5.15. The maximum Gasteiger partial charge on any atom is 0.328 e. The number of carbonyl (C=O) groups is 1. The van der Waals surface area contributed by atoms with Crippen LogP contribution in [-0.4, -0.2) is 44.1 Å². The molecule has 1 heterocycles. The average molecular weight is 330 g/mol. The highest BCUT2D eigenvalue weighted by atomic mass is 35.5. The third-order valence-electron chi connectivity index (χ3n) is 3.29. The van der Waals surface area contributed by atoms with Crippen molar-refractivity contribution in [3.8, 4) is 0 Å². The number of carboxylic acid groups (broad SMARTS) is 1. The molecule has 0 saturated carbocycles. The van der Waals surface area contributed by atoms with E-state index >= 15 is 0 Å². The van der Waals surface area contributed by atoms with E-state index in [1.165, 1.54) is 6.08 Å². The molecule has 0 radical (unpaired) electrons. The van der Waals surface area contributed by atoms with Gasteiger partial charge >= 0.3 is 5.97 Å². The van der Waals surface area contributed by atoms with Crippen molar-refractivity contribution in [1.82, 2.24) is 0 Å². The van der Waals surface area contributed by atoms with Gasteiger partial charge in [-0.2, -0.15) is 0 Å². The van der Waals surface area contributed by atoms with Gasteiger partial charge in [-0.05, 0) is 30.2 Å². The molecule has 1 aliphatic rings. The predicted molar refractivity (Wildman–Crippen MR) is 83.6 cm³/mol. The van der Waals surface area contributed by atoms with Crippen LogP contribution in [0.5, 0.6) is 0 Å². The van der Waals surface area contributed by atoms with Gasteiger partial charge in [-0.3, -0.25) is 0 Å². The van der Waals surface area contributed by atoms with Crippen molar-refractivity contribution in [3.63, 3.8) is 0 Å². The normalized spacial score (nSPS) is 18.6. The van der Waals surface area contributed by atoms with E-state index in [0.717, 1.165) is 11.8 Å². The van der Waals surface area contributed by atoms with Crippen molar-refractivity contribution in [2.24, 2.45) is 0 Å². The highest BCUT2D eigenvalue weighted by Crippen LogP contribution is 2.27. The van der Waals surface area contributed by atoms with Gasteiger partial charge < -0.3 is 10.0 Å². The number of carboxylic acids is 1. The topological polar surface area (TPSA) is 74.7 Å². The summed E-state index contributed by atoms with van der Waals surface area (Å²) in [5.74, 6) is -0.749. The Kier molecular flexibility index (Phi) is 4.90. The smallest absolute Gasteiger partial charge is 0.328 e. The molecule has 0 atom stereocenters. The van der Waals surface area contributed by atoms with Crippen molar-refractivity contribution in [3.05, 3.63) is 34.9 Å². The molecule has 0 aliphatic carbocycles. The minimum atomic E-state index is -3.00. The molecule has 2 rings (SSSR count).